The van der Waals surface area contributed by atoms with Crippen LogP contribution in [-0.4, -0.2) is 0 Å². The minimum absolute atomic E-state index is 0.325. The summed E-state index contributed by atoms with van der Waals surface area (Å²) in [6.07, 6.45) is 0. The Morgan fingerprint density at radius 2 is 1.89 bits per heavy atom. The quantitative estimate of drug-likeness (QED) is 0.749. The second-order valence-corrected chi connectivity index (χ2v) is 6.52. The first-order chi connectivity index (χ1) is 9.06. The Kier molecular flexibility index (Phi) is 5.20. The molecule has 2 aromatic rings. The van der Waals surface area contributed by atoms with E-state index in [2.05, 4.69) is 87.4 Å². The molecular formula is C16H17Br2N. The molecule has 0 radical (unpaired) electrons. The molecule has 0 amide bonds. The van der Waals surface area contributed by atoms with Gasteiger partial charge in [0.1, 0.15) is 0 Å². The van der Waals surface area contributed by atoms with Crippen molar-refractivity contribution in [3.05, 3.63) is 68.1 Å². The zero-order valence-corrected chi connectivity index (χ0v) is 14.3. The summed E-state index contributed by atoms with van der Waals surface area (Å²) in [6, 6.07) is 15.2. The predicted octanol–water partition coefficient (Wildman–Crippen LogP) is 5.37. The smallest absolute Gasteiger partial charge is 0.0295 e. The monoisotopic (exact) mass is 381 g/mol. The second kappa shape index (κ2) is 6.69. The molecule has 0 bridgehead atoms. The van der Waals surface area contributed by atoms with Crippen molar-refractivity contribution in [2.75, 3.05) is 0 Å². The van der Waals surface area contributed by atoms with Crippen molar-refractivity contribution in [1.29, 1.82) is 0 Å². The zero-order valence-electron chi connectivity index (χ0n) is 11.1. The molecule has 0 fully saturated rings. The summed E-state index contributed by atoms with van der Waals surface area (Å²) in [6.45, 7) is 5.14. The van der Waals surface area contributed by atoms with Crippen LogP contribution in [0.5, 0.6) is 0 Å². The first-order valence-corrected chi connectivity index (χ1v) is 7.89. The van der Waals surface area contributed by atoms with Crippen molar-refractivity contribution in [1.82, 2.24) is 5.32 Å². The third-order valence-corrected chi connectivity index (χ3v) is 4.39. The van der Waals surface area contributed by atoms with Gasteiger partial charge in [0.25, 0.3) is 0 Å². The number of hydrogen-bond donors (Lipinski definition) is 1. The number of nitrogens with one attached hydrogen (secondary N) is 1. The fourth-order valence-corrected chi connectivity index (χ4v) is 3.00. The van der Waals surface area contributed by atoms with Crippen LogP contribution < -0.4 is 5.32 Å². The van der Waals surface area contributed by atoms with Gasteiger partial charge in [-0.3, -0.25) is 0 Å². The van der Waals surface area contributed by atoms with Crippen LogP contribution in [0.25, 0.3) is 0 Å². The molecule has 0 heterocycles. The topological polar surface area (TPSA) is 12.0 Å². The second-order valence-electron chi connectivity index (χ2n) is 4.75. The number of rotatable bonds is 4. The molecule has 2 rings (SSSR count). The predicted molar refractivity (Wildman–Crippen MR) is 88.3 cm³/mol. The Bertz CT molecular complexity index is 566. The molecule has 100 valence electrons. The maximum Gasteiger partial charge on any atom is 0.0295 e. The molecule has 19 heavy (non-hydrogen) atoms. The average Bonchev–Trinajstić information content (AvgIpc) is 2.37. The summed E-state index contributed by atoms with van der Waals surface area (Å²) in [7, 11) is 0. The number of aryl methyl sites for hydroxylation is 1. The summed E-state index contributed by atoms with van der Waals surface area (Å²) in [4.78, 5) is 0. The SMILES string of the molecule is Cc1ccc(CN[C@H](C)c2cccc(Br)c2)c(Br)c1. The van der Waals surface area contributed by atoms with E-state index in [4.69, 9.17) is 0 Å². The summed E-state index contributed by atoms with van der Waals surface area (Å²) >= 11 is 7.13. The average molecular weight is 383 g/mol. The third-order valence-electron chi connectivity index (χ3n) is 3.16. The first-order valence-electron chi connectivity index (χ1n) is 6.30. The van der Waals surface area contributed by atoms with Crippen molar-refractivity contribution in [3.63, 3.8) is 0 Å². The van der Waals surface area contributed by atoms with Crippen LogP contribution in [0.1, 0.15) is 29.7 Å². The number of halogens is 2. The summed E-state index contributed by atoms with van der Waals surface area (Å²) in [5.41, 5.74) is 3.85. The van der Waals surface area contributed by atoms with Gasteiger partial charge in [-0.1, -0.05) is 56.1 Å². The van der Waals surface area contributed by atoms with E-state index in [-0.39, 0.29) is 0 Å². The van der Waals surface area contributed by atoms with Gasteiger partial charge in [-0.05, 0) is 48.7 Å². The van der Waals surface area contributed by atoms with Crippen molar-refractivity contribution < 1.29 is 0 Å². The third kappa shape index (κ3) is 4.16. The lowest BCUT2D eigenvalue weighted by molar-refractivity contribution is 0.573. The first kappa shape index (κ1) is 14.8. The summed E-state index contributed by atoms with van der Waals surface area (Å²) in [5, 5.41) is 3.55. The van der Waals surface area contributed by atoms with Gasteiger partial charge >= 0.3 is 0 Å². The zero-order chi connectivity index (χ0) is 13.8. The van der Waals surface area contributed by atoms with Crippen LogP contribution in [-0.2, 0) is 6.54 Å². The van der Waals surface area contributed by atoms with E-state index in [1.165, 1.54) is 21.2 Å². The van der Waals surface area contributed by atoms with Crippen LogP contribution in [0.15, 0.2) is 51.4 Å². The van der Waals surface area contributed by atoms with Gasteiger partial charge < -0.3 is 5.32 Å². The lowest BCUT2D eigenvalue weighted by Gasteiger charge is -2.15. The van der Waals surface area contributed by atoms with Crippen molar-refractivity contribution in [3.8, 4) is 0 Å². The lowest BCUT2D eigenvalue weighted by Crippen LogP contribution is -2.18. The highest BCUT2D eigenvalue weighted by Gasteiger charge is 2.06. The van der Waals surface area contributed by atoms with Crippen molar-refractivity contribution >= 4 is 31.9 Å². The molecule has 2 aromatic carbocycles. The van der Waals surface area contributed by atoms with Gasteiger partial charge in [0.05, 0.1) is 0 Å². The molecule has 0 aliphatic carbocycles. The van der Waals surface area contributed by atoms with E-state index in [0.29, 0.717) is 6.04 Å². The fourth-order valence-electron chi connectivity index (χ4n) is 1.95. The molecule has 1 atom stereocenters. The van der Waals surface area contributed by atoms with Gasteiger partial charge in [-0.25, -0.2) is 0 Å². The van der Waals surface area contributed by atoms with Gasteiger partial charge in [-0.15, -0.1) is 0 Å². The standard InChI is InChI=1S/C16H17Br2N/c1-11-6-7-14(16(18)8-11)10-19-12(2)13-4-3-5-15(17)9-13/h3-9,12,19H,10H2,1-2H3/t12-/m1/s1. The molecule has 0 unspecified atom stereocenters. The molecule has 1 N–H and O–H groups in total. The van der Waals surface area contributed by atoms with Crippen LogP contribution in [0.3, 0.4) is 0 Å². The molecule has 1 nitrogen and oxygen atoms in total. The van der Waals surface area contributed by atoms with E-state index in [9.17, 15) is 0 Å². The van der Waals surface area contributed by atoms with Crippen molar-refractivity contribution in [2.24, 2.45) is 0 Å². The van der Waals surface area contributed by atoms with Crippen molar-refractivity contribution in [2.45, 2.75) is 26.4 Å². The Morgan fingerprint density at radius 1 is 1.11 bits per heavy atom. The number of benzene rings is 2. The lowest BCUT2D eigenvalue weighted by atomic mass is 10.1. The maximum atomic E-state index is 3.62. The highest BCUT2D eigenvalue weighted by Crippen LogP contribution is 2.21. The molecule has 0 aliphatic rings. The van der Waals surface area contributed by atoms with E-state index >= 15 is 0 Å². The van der Waals surface area contributed by atoms with Gasteiger partial charge in [0, 0.05) is 21.5 Å². The normalized spacial score (nSPS) is 12.4. The Balaban J connectivity index is 2.02. The highest BCUT2D eigenvalue weighted by atomic mass is 79.9. The van der Waals surface area contributed by atoms with Gasteiger partial charge in [-0.2, -0.15) is 0 Å². The Morgan fingerprint density at radius 3 is 2.58 bits per heavy atom. The molecular weight excluding hydrogens is 366 g/mol. The van der Waals surface area contributed by atoms with E-state index < -0.39 is 0 Å². The molecule has 3 heteroatoms. The minimum atomic E-state index is 0.325. The number of hydrogen-bond acceptors (Lipinski definition) is 1. The van der Waals surface area contributed by atoms with Gasteiger partial charge in [0.2, 0.25) is 0 Å². The largest absolute Gasteiger partial charge is 0.306 e. The maximum absolute atomic E-state index is 3.62. The minimum Gasteiger partial charge on any atom is -0.306 e. The highest BCUT2D eigenvalue weighted by molar-refractivity contribution is 9.10. The van der Waals surface area contributed by atoms with Crippen LogP contribution in [0, 0.1) is 6.92 Å². The van der Waals surface area contributed by atoms with Gasteiger partial charge in [0.15, 0.2) is 0 Å². The van der Waals surface area contributed by atoms with Crippen LogP contribution in [0.4, 0.5) is 0 Å². The molecule has 0 aliphatic heterocycles. The Hall–Kier alpha value is -0.640. The van der Waals surface area contributed by atoms with E-state index in [0.717, 1.165) is 11.0 Å². The Labute approximate surface area is 131 Å². The molecule has 0 saturated carbocycles. The van der Waals surface area contributed by atoms with E-state index in [1.54, 1.807) is 0 Å². The molecule has 0 spiro atoms. The summed E-state index contributed by atoms with van der Waals surface area (Å²) in [5.74, 6) is 0. The van der Waals surface area contributed by atoms with E-state index in [1.807, 2.05) is 6.07 Å². The molecule has 0 aromatic heterocycles. The van der Waals surface area contributed by atoms with Crippen LogP contribution >= 0.6 is 31.9 Å². The molecule has 0 saturated heterocycles. The fraction of sp³-hybridized carbons (Fsp3) is 0.250. The van der Waals surface area contributed by atoms with Crippen LogP contribution in [0.2, 0.25) is 0 Å². The summed E-state index contributed by atoms with van der Waals surface area (Å²) < 4.78 is 2.29.